The molecule has 2 aromatic carbocycles. The summed E-state index contributed by atoms with van der Waals surface area (Å²) in [7, 11) is 0. The van der Waals surface area contributed by atoms with E-state index in [4.69, 9.17) is 5.73 Å². The molecule has 0 saturated heterocycles. The van der Waals surface area contributed by atoms with Gasteiger partial charge in [0.05, 0.1) is 0 Å². The normalized spacial score (nSPS) is 15.1. The number of rotatable bonds is 17. The van der Waals surface area contributed by atoms with Crippen molar-refractivity contribution < 1.29 is 60.6 Å². The van der Waals surface area contributed by atoms with Crippen LogP contribution in [0.15, 0.2) is 72.9 Å². The van der Waals surface area contributed by atoms with Gasteiger partial charge in [-0.2, -0.15) is 13.2 Å². The number of ether oxygens (including phenoxy) is 1. The van der Waals surface area contributed by atoms with Crippen LogP contribution >= 0.6 is 0 Å². The van der Waals surface area contributed by atoms with Gasteiger partial charge in [-0.1, -0.05) is 51.1 Å². The molecule has 1 aromatic heterocycles. The van der Waals surface area contributed by atoms with E-state index < -0.39 is 96.0 Å². The Morgan fingerprint density at radius 1 is 0.879 bits per heavy atom. The molecule has 3 aromatic rings. The number of aliphatic hydroxyl groups is 1. The average Bonchev–Trinajstić information content (AvgIpc) is 3.69. The second-order valence-electron chi connectivity index (χ2n) is 14.6. The van der Waals surface area contributed by atoms with Gasteiger partial charge < -0.3 is 30.4 Å². The molecule has 0 saturated carbocycles. The Labute approximate surface area is 329 Å². The van der Waals surface area contributed by atoms with Crippen LogP contribution in [0.1, 0.15) is 50.8 Å². The molecule has 0 aliphatic carbocycles. The van der Waals surface area contributed by atoms with Gasteiger partial charge in [0.2, 0.25) is 17.5 Å². The molecule has 2 heterocycles. The van der Waals surface area contributed by atoms with Crippen LogP contribution in [-0.2, 0) is 40.0 Å². The zero-order chi connectivity index (χ0) is 43.0. The molecule has 1 aliphatic rings. The van der Waals surface area contributed by atoms with Crippen molar-refractivity contribution in [1.82, 2.24) is 25.4 Å². The van der Waals surface area contributed by atoms with Gasteiger partial charge in [-0.05, 0) is 41.7 Å². The number of halogens is 5. The molecule has 5 amide bonds. The average molecular weight is 819 g/mol. The number of esters is 1. The summed E-state index contributed by atoms with van der Waals surface area (Å²) in [6.45, 7) is 3.72. The van der Waals surface area contributed by atoms with Crippen LogP contribution in [0.5, 0.6) is 0 Å². The van der Waals surface area contributed by atoms with Crippen LogP contribution < -0.4 is 21.7 Å². The van der Waals surface area contributed by atoms with Crippen molar-refractivity contribution >= 4 is 35.5 Å². The minimum atomic E-state index is -5.55. The van der Waals surface area contributed by atoms with E-state index in [1.165, 1.54) is 6.07 Å². The van der Waals surface area contributed by atoms with Crippen LogP contribution in [0.2, 0.25) is 0 Å². The minimum absolute atomic E-state index is 0.0163. The van der Waals surface area contributed by atoms with Gasteiger partial charge in [0.1, 0.15) is 24.3 Å². The maximum atomic E-state index is 14.9. The fourth-order valence-corrected chi connectivity index (χ4v) is 6.17. The van der Waals surface area contributed by atoms with Crippen molar-refractivity contribution in [2.75, 3.05) is 26.2 Å². The van der Waals surface area contributed by atoms with Crippen molar-refractivity contribution in [3.05, 3.63) is 95.8 Å². The van der Waals surface area contributed by atoms with Gasteiger partial charge >= 0.3 is 12.1 Å². The molecule has 0 fully saturated rings. The molecule has 6 N–H and O–H groups in total. The van der Waals surface area contributed by atoms with Crippen molar-refractivity contribution in [2.45, 2.75) is 64.1 Å². The van der Waals surface area contributed by atoms with Gasteiger partial charge in [0, 0.05) is 73.7 Å². The monoisotopic (exact) mass is 818 g/mol. The highest BCUT2D eigenvalue weighted by Gasteiger charge is 2.48. The molecule has 1 aliphatic heterocycles. The van der Waals surface area contributed by atoms with Gasteiger partial charge in [0.25, 0.3) is 17.7 Å². The van der Waals surface area contributed by atoms with Crippen molar-refractivity contribution in [3.8, 4) is 11.1 Å². The molecule has 58 heavy (non-hydrogen) atoms. The van der Waals surface area contributed by atoms with Crippen LogP contribution in [-0.4, -0.2) is 94.3 Å². The summed E-state index contributed by atoms with van der Waals surface area (Å²) in [5.41, 5.74) is 3.38. The number of alkyl halides is 3. The van der Waals surface area contributed by atoms with E-state index in [9.17, 15) is 55.8 Å². The van der Waals surface area contributed by atoms with Gasteiger partial charge in [-0.3, -0.25) is 34.6 Å². The summed E-state index contributed by atoms with van der Waals surface area (Å²) in [6, 6.07) is 13.5. The van der Waals surface area contributed by atoms with Crippen LogP contribution in [0.3, 0.4) is 0 Å². The molecule has 4 rings (SSSR count). The highest BCUT2D eigenvalue weighted by molar-refractivity contribution is 6.14. The number of aromatic nitrogens is 1. The number of amides is 5. The molecule has 14 nitrogen and oxygen atoms in total. The summed E-state index contributed by atoms with van der Waals surface area (Å²) >= 11 is 0. The van der Waals surface area contributed by atoms with E-state index >= 15 is 0 Å². The standard InChI is InChI=1S/C39H43F5N6O8/c1-37(2,3)32(28-18-24(26-19-25(40)10-11-27(26)41)21-49(28)20-23-8-5-4-6-9-23)33(54)34(55)47-17-14-38(45,58-36(57)39(42,43)44)35(56)48-16-7-15-46-29(51)22-50-30(52)12-13-31(50)53/h4-6,8-13,18-19,21,32-33,54H,7,14-17,20,22,45H2,1-3H3,(H,46,51)(H,47,55)(H,48,56)/t32-,33+,38+/m1/s1. The molecule has 0 unspecified atom stereocenters. The largest absolute Gasteiger partial charge is 0.491 e. The lowest BCUT2D eigenvalue weighted by Gasteiger charge is -2.35. The Hall–Kier alpha value is -5.95. The fourth-order valence-electron chi connectivity index (χ4n) is 6.17. The minimum Gasteiger partial charge on any atom is -0.428 e. The molecule has 0 radical (unpaired) electrons. The second-order valence-corrected chi connectivity index (χ2v) is 14.6. The van der Waals surface area contributed by atoms with Gasteiger partial charge in [-0.25, -0.2) is 13.6 Å². The molecule has 19 heteroatoms. The van der Waals surface area contributed by atoms with Crippen LogP contribution in [0, 0.1) is 17.0 Å². The number of aliphatic hydroxyl groups excluding tert-OH is 1. The molecule has 312 valence electrons. The number of carbonyl (C=O) groups is 6. The molecular weight excluding hydrogens is 775 g/mol. The van der Waals surface area contributed by atoms with E-state index in [1.54, 1.807) is 49.7 Å². The number of nitrogens with one attached hydrogen (secondary N) is 3. The quantitative estimate of drug-likeness (QED) is 0.0447. The topological polar surface area (TPSA) is 202 Å². The van der Waals surface area contributed by atoms with E-state index in [2.05, 4.69) is 20.7 Å². The second kappa shape index (κ2) is 18.5. The lowest BCUT2D eigenvalue weighted by molar-refractivity contribution is -0.214. The maximum Gasteiger partial charge on any atom is 0.491 e. The first-order chi connectivity index (χ1) is 27.1. The Morgan fingerprint density at radius 2 is 1.52 bits per heavy atom. The van der Waals surface area contributed by atoms with E-state index in [-0.39, 0.29) is 37.2 Å². The van der Waals surface area contributed by atoms with Crippen molar-refractivity contribution in [3.63, 3.8) is 0 Å². The number of carbonyl (C=O) groups excluding carboxylic acids is 6. The summed E-state index contributed by atoms with van der Waals surface area (Å²) < 4.78 is 74.9. The molecule has 3 atom stereocenters. The number of nitrogens with two attached hydrogens (primary N) is 1. The number of imide groups is 1. The highest BCUT2D eigenvalue weighted by atomic mass is 19.4. The smallest absolute Gasteiger partial charge is 0.428 e. The van der Waals surface area contributed by atoms with Crippen molar-refractivity contribution in [1.29, 1.82) is 0 Å². The number of hydrogen-bond donors (Lipinski definition) is 5. The van der Waals surface area contributed by atoms with Gasteiger partial charge in [-0.15, -0.1) is 0 Å². The summed E-state index contributed by atoms with van der Waals surface area (Å²) in [6.07, 6.45) is -4.77. The first-order valence-corrected chi connectivity index (χ1v) is 17.9. The first kappa shape index (κ1) is 44.8. The highest BCUT2D eigenvalue weighted by Crippen LogP contribution is 2.41. The Morgan fingerprint density at radius 3 is 2.14 bits per heavy atom. The van der Waals surface area contributed by atoms with Crippen LogP contribution in [0.4, 0.5) is 22.0 Å². The van der Waals surface area contributed by atoms with E-state index in [1.807, 2.05) is 12.1 Å². The number of nitrogens with zero attached hydrogens (tertiary/aromatic N) is 2. The van der Waals surface area contributed by atoms with Crippen LogP contribution in [0.25, 0.3) is 11.1 Å². The maximum absolute atomic E-state index is 14.9. The Balaban J connectivity index is 1.47. The number of hydrogen-bond acceptors (Lipinski definition) is 9. The summed E-state index contributed by atoms with van der Waals surface area (Å²) in [4.78, 5) is 74.4. The zero-order valence-electron chi connectivity index (χ0n) is 31.7. The lowest BCUT2D eigenvalue weighted by atomic mass is 9.74. The third kappa shape index (κ3) is 11.6. The Kier molecular flexibility index (Phi) is 14.3. The predicted octanol–water partition coefficient (Wildman–Crippen LogP) is 2.79. The molecule has 0 bridgehead atoms. The van der Waals surface area contributed by atoms with E-state index in [0.29, 0.717) is 10.6 Å². The SMILES string of the molecule is CC(C)(C)[C@H](c1cc(-c2cc(F)ccc2F)cn1Cc1ccccc1)[C@H](O)C(=O)NCC[C@](N)(OC(=O)C(F)(F)F)C(=O)NCCCNC(=O)CN1C(=O)C=CC1=O. The zero-order valence-corrected chi connectivity index (χ0v) is 31.7. The van der Waals surface area contributed by atoms with Crippen molar-refractivity contribution in [2.24, 2.45) is 11.1 Å². The number of benzene rings is 2. The predicted molar refractivity (Wildman–Crippen MR) is 197 cm³/mol. The van der Waals surface area contributed by atoms with Gasteiger partial charge in [0.15, 0.2) is 0 Å². The molecular formula is C39H43F5N6O8. The lowest BCUT2D eigenvalue weighted by Crippen LogP contribution is -2.59. The fraction of sp³-hybridized carbons (Fsp3) is 0.385. The summed E-state index contributed by atoms with van der Waals surface area (Å²) in [5, 5.41) is 18.5. The Bertz CT molecular complexity index is 2030. The first-order valence-electron chi connectivity index (χ1n) is 17.9. The third-order valence-corrected chi connectivity index (χ3v) is 9.05. The third-order valence-electron chi connectivity index (χ3n) is 9.05. The van der Waals surface area contributed by atoms with E-state index in [0.717, 1.165) is 35.9 Å². The molecule has 0 spiro atoms. The summed E-state index contributed by atoms with van der Waals surface area (Å²) in [5.74, 6) is -9.72.